The Morgan fingerprint density at radius 1 is 1.15 bits per heavy atom. The third-order valence-electron chi connectivity index (χ3n) is 6.05. The molecule has 2 aromatic heterocycles. The zero-order valence-corrected chi connectivity index (χ0v) is 16.5. The fourth-order valence-corrected chi connectivity index (χ4v) is 4.44. The maximum Gasteiger partial charge on any atom is 0.270 e. The lowest BCUT2D eigenvalue weighted by atomic mass is 9.95. The average molecular weight is 371 g/mol. The van der Waals surface area contributed by atoms with E-state index in [1.54, 1.807) is 0 Å². The molecule has 27 heavy (non-hydrogen) atoms. The lowest BCUT2D eigenvalue weighted by Gasteiger charge is -2.31. The Labute approximate surface area is 161 Å². The monoisotopic (exact) mass is 370 g/mol. The molecule has 7 heteroatoms. The lowest BCUT2D eigenvalue weighted by molar-refractivity contribution is 0.0700. The molecular weight excluding hydrogens is 340 g/mol. The fraction of sp³-hybridized carbons (Fsp3) is 0.650. The molecule has 0 N–H and O–H groups in total. The summed E-state index contributed by atoms with van der Waals surface area (Å²) < 4.78 is 4.20. The maximum atomic E-state index is 12.7. The van der Waals surface area contributed by atoms with Gasteiger partial charge in [-0.05, 0) is 57.8 Å². The van der Waals surface area contributed by atoms with E-state index < -0.39 is 0 Å². The minimum atomic E-state index is 0.132. The van der Waals surface area contributed by atoms with Crippen LogP contribution in [0.5, 0.6) is 0 Å². The van der Waals surface area contributed by atoms with Crippen LogP contribution < -0.4 is 0 Å². The molecule has 146 valence electrons. The molecule has 1 amide bonds. The van der Waals surface area contributed by atoms with E-state index in [0.717, 1.165) is 56.4 Å². The van der Waals surface area contributed by atoms with Crippen molar-refractivity contribution in [2.45, 2.75) is 51.6 Å². The van der Waals surface area contributed by atoms with Crippen LogP contribution in [0.3, 0.4) is 0 Å². The smallest absolute Gasteiger partial charge is 0.270 e. The zero-order chi connectivity index (χ0) is 18.8. The van der Waals surface area contributed by atoms with Gasteiger partial charge in [0.1, 0.15) is 17.3 Å². The van der Waals surface area contributed by atoms with Gasteiger partial charge in [-0.2, -0.15) is 0 Å². The molecular formula is C20H30N6O. The third kappa shape index (κ3) is 3.65. The summed E-state index contributed by atoms with van der Waals surface area (Å²) in [5, 5.41) is 9.08. The number of piperidine rings is 1. The van der Waals surface area contributed by atoms with E-state index >= 15 is 0 Å². The average Bonchev–Trinajstić information content (AvgIpc) is 3.43. The summed E-state index contributed by atoms with van der Waals surface area (Å²) in [7, 11) is 1.92. The van der Waals surface area contributed by atoms with Crippen LogP contribution in [0.4, 0.5) is 0 Å². The van der Waals surface area contributed by atoms with Gasteiger partial charge in [0.25, 0.3) is 5.91 Å². The van der Waals surface area contributed by atoms with E-state index in [2.05, 4.69) is 26.6 Å². The summed E-state index contributed by atoms with van der Waals surface area (Å²) in [6.07, 6.45) is 6.42. The Bertz CT molecular complexity index is 780. The molecule has 4 heterocycles. The number of carbonyl (C=O) groups is 1. The van der Waals surface area contributed by atoms with Crippen LogP contribution in [0.1, 0.15) is 60.7 Å². The number of aromatic nitrogens is 4. The predicted molar refractivity (Wildman–Crippen MR) is 103 cm³/mol. The molecule has 2 fully saturated rings. The first kappa shape index (κ1) is 18.2. The molecule has 2 aliphatic rings. The van der Waals surface area contributed by atoms with Gasteiger partial charge in [-0.25, -0.2) is 0 Å². The lowest BCUT2D eigenvalue weighted by Crippen LogP contribution is -2.39. The molecule has 0 unspecified atom stereocenters. The van der Waals surface area contributed by atoms with Crippen molar-refractivity contribution in [1.29, 1.82) is 0 Å². The number of carbonyl (C=O) groups excluding carboxylic acids is 1. The van der Waals surface area contributed by atoms with Crippen molar-refractivity contribution in [3.05, 3.63) is 35.7 Å². The van der Waals surface area contributed by atoms with E-state index in [1.165, 1.54) is 25.9 Å². The Morgan fingerprint density at radius 2 is 1.89 bits per heavy atom. The van der Waals surface area contributed by atoms with Crippen molar-refractivity contribution in [1.82, 2.24) is 29.1 Å². The molecule has 0 spiro atoms. The summed E-state index contributed by atoms with van der Waals surface area (Å²) in [6, 6.07) is 3.82. The van der Waals surface area contributed by atoms with Gasteiger partial charge in [-0.1, -0.05) is 0 Å². The minimum absolute atomic E-state index is 0.132. The highest BCUT2D eigenvalue weighted by molar-refractivity contribution is 5.92. The van der Waals surface area contributed by atoms with Crippen LogP contribution in [-0.4, -0.2) is 61.2 Å². The highest BCUT2D eigenvalue weighted by Gasteiger charge is 2.29. The van der Waals surface area contributed by atoms with Crippen LogP contribution in [0.2, 0.25) is 0 Å². The first-order valence-electron chi connectivity index (χ1n) is 10.2. The van der Waals surface area contributed by atoms with Crippen molar-refractivity contribution in [2.24, 2.45) is 7.05 Å². The van der Waals surface area contributed by atoms with Crippen molar-refractivity contribution < 1.29 is 4.79 Å². The minimum Gasteiger partial charge on any atom is -0.347 e. The summed E-state index contributed by atoms with van der Waals surface area (Å²) in [6.45, 7) is 7.91. The van der Waals surface area contributed by atoms with E-state index in [4.69, 9.17) is 0 Å². The molecule has 0 aliphatic carbocycles. The van der Waals surface area contributed by atoms with E-state index in [0.29, 0.717) is 5.92 Å². The molecule has 0 aromatic carbocycles. The second kappa shape index (κ2) is 7.84. The van der Waals surface area contributed by atoms with Crippen LogP contribution in [0, 0.1) is 0 Å². The van der Waals surface area contributed by atoms with E-state index in [-0.39, 0.29) is 5.91 Å². The number of hydrogen-bond donors (Lipinski definition) is 0. The van der Waals surface area contributed by atoms with Crippen molar-refractivity contribution in [3.63, 3.8) is 0 Å². The van der Waals surface area contributed by atoms with Crippen molar-refractivity contribution in [2.75, 3.05) is 26.2 Å². The summed E-state index contributed by atoms with van der Waals surface area (Å²) >= 11 is 0. The van der Waals surface area contributed by atoms with Gasteiger partial charge < -0.3 is 14.0 Å². The second-order valence-corrected chi connectivity index (χ2v) is 7.77. The third-order valence-corrected chi connectivity index (χ3v) is 6.05. The largest absolute Gasteiger partial charge is 0.347 e. The summed E-state index contributed by atoms with van der Waals surface area (Å²) in [4.78, 5) is 17.2. The number of likely N-dealkylation sites (tertiary alicyclic amines) is 2. The molecule has 0 saturated carbocycles. The van der Waals surface area contributed by atoms with Gasteiger partial charge in [0.2, 0.25) is 0 Å². The van der Waals surface area contributed by atoms with Gasteiger partial charge in [0.05, 0.1) is 6.54 Å². The van der Waals surface area contributed by atoms with Crippen LogP contribution in [-0.2, 0) is 20.1 Å². The quantitative estimate of drug-likeness (QED) is 0.810. The molecule has 4 rings (SSSR count). The Kier molecular flexibility index (Phi) is 5.29. The Balaban J connectivity index is 1.41. The summed E-state index contributed by atoms with van der Waals surface area (Å²) in [5.74, 6) is 2.73. The van der Waals surface area contributed by atoms with E-state index in [9.17, 15) is 4.79 Å². The number of amides is 1. The van der Waals surface area contributed by atoms with Gasteiger partial charge in [0, 0.05) is 38.8 Å². The fourth-order valence-electron chi connectivity index (χ4n) is 4.44. The van der Waals surface area contributed by atoms with E-state index in [1.807, 2.05) is 34.8 Å². The highest BCUT2D eigenvalue weighted by atomic mass is 16.2. The second-order valence-electron chi connectivity index (χ2n) is 7.77. The molecule has 0 bridgehead atoms. The predicted octanol–water partition coefficient (Wildman–Crippen LogP) is 2.25. The van der Waals surface area contributed by atoms with Crippen molar-refractivity contribution in [3.8, 4) is 0 Å². The molecule has 2 saturated heterocycles. The molecule has 2 aliphatic heterocycles. The van der Waals surface area contributed by atoms with Crippen LogP contribution in [0.15, 0.2) is 18.3 Å². The molecule has 2 aromatic rings. The number of nitrogens with zero attached hydrogens (tertiary/aromatic N) is 6. The Hall–Kier alpha value is -2.15. The normalized spacial score (nSPS) is 19.1. The summed E-state index contributed by atoms with van der Waals surface area (Å²) in [5.41, 5.74) is 0.762. The van der Waals surface area contributed by atoms with Crippen LogP contribution in [0.25, 0.3) is 0 Å². The van der Waals surface area contributed by atoms with Gasteiger partial charge in [-0.15, -0.1) is 10.2 Å². The molecule has 7 nitrogen and oxygen atoms in total. The highest BCUT2D eigenvalue weighted by Crippen LogP contribution is 2.28. The van der Waals surface area contributed by atoms with Crippen LogP contribution >= 0.6 is 0 Å². The first-order valence-corrected chi connectivity index (χ1v) is 10.2. The zero-order valence-electron chi connectivity index (χ0n) is 16.5. The SMILES string of the molecule is CCn1c(CN2CCCC2)nnc1C1CCN(C(=O)c2cccn2C)CC1. The standard InChI is InChI=1S/C20H30N6O/c1-3-26-18(15-24-11-4-5-12-24)21-22-19(26)16-8-13-25(14-9-16)20(27)17-7-6-10-23(17)2/h6-7,10,16H,3-5,8-9,11-15H2,1-2H3. The van der Waals surface area contributed by atoms with Gasteiger partial charge in [0.15, 0.2) is 0 Å². The molecule has 0 radical (unpaired) electrons. The topological polar surface area (TPSA) is 59.2 Å². The number of aryl methyl sites for hydroxylation is 1. The van der Waals surface area contributed by atoms with Crippen molar-refractivity contribution >= 4 is 5.91 Å². The van der Waals surface area contributed by atoms with Gasteiger partial charge in [-0.3, -0.25) is 9.69 Å². The maximum absolute atomic E-state index is 12.7. The Morgan fingerprint density at radius 3 is 2.52 bits per heavy atom. The van der Waals surface area contributed by atoms with Gasteiger partial charge >= 0.3 is 0 Å². The number of hydrogen-bond acceptors (Lipinski definition) is 4. The molecule has 0 atom stereocenters. The number of rotatable bonds is 5. The first-order chi connectivity index (χ1) is 13.2.